The molecule has 0 bridgehead atoms. The van der Waals surface area contributed by atoms with Crippen molar-refractivity contribution in [2.24, 2.45) is 0 Å². The lowest BCUT2D eigenvalue weighted by atomic mass is 9.77. The van der Waals surface area contributed by atoms with Crippen LogP contribution in [0.15, 0.2) is 27.6 Å². The van der Waals surface area contributed by atoms with Gasteiger partial charge in [-0.2, -0.15) is 11.3 Å². The van der Waals surface area contributed by atoms with Crippen LogP contribution in [0.4, 0.5) is 0 Å². The third-order valence-corrected chi connectivity index (χ3v) is 3.88. The maximum Gasteiger partial charge on any atom is 0.323 e. The molecule has 1 aliphatic rings. The number of ether oxygens (including phenoxy) is 1. The van der Waals surface area contributed by atoms with E-state index in [0.717, 1.165) is 5.56 Å². The molecule has 2 nitrogen and oxygen atoms in total. The van der Waals surface area contributed by atoms with E-state index in [2.05, 4.69) is 21.9 Å². The Kier molecular flexibility index (Phi) is 3.17. The van der Waals surface area contributed by atoms with E-state index in [1.54, 1.807) is 16.3 Å². The van der Waals surface area contributed by atoms with Crippen LogP contribution in [-0.4, -0.2) is 5.97 Å². The van der Waals surface area contributed by atoms with Gasteiger partial charge in [-0.3, -0.25) is 4.79 Å². The summed E-state index contributed by atoms with van der Waals surface area (Å²) in [6, 6.07) is 1.93. The molecule has 2 heterocycles. The van der Waals surface area contributed by atoms with E-state index in [1.807, 2.05) is 16.8 Å². The predicted molar refractivity (Wildman–Crippen MR) is 67.2 cm³/mol. The number of cyclic esters (lactones) is 1. The first-order valence-electron chi connectivity index (χ1n) is 4.70. The van der Waals surface area contributed by atoms with Crippen molar-refractivity contribution in [2.45, 2.75) is 18.3 Å². The molecule has 1 fully saturated rings. The van der Waals surface area contributed by atoms with E-state index in [9.17, 15) is 4.79 Å². The number of rotatable bonds is 2. The highest BCUT2D eigenvalue weighted by molar-refractivity contribution is 9.11. The molecule has 1 saturated heterocycles. The summed E-state index contributed by atoms with van der Waals surface area (Å²) in [5, 5.41) is 3.90. The number of halogens is 1. The van der Waals surface area contributed by atoms with Crippen LogP contribution in [0.25, 0.3) is 0 Å². The van der Waals surface area contributed by atoms with Crippen molar-refractivity contribution in [1.82, 2.24) is 0 Å². The molecule has 0 amide bonds. The van der Waals surface area contributed by atoms with E-state index >= 15 is 0 Å². The maximum absolute atomic E-state index is 12.0. The molecule has 1 aliphatic heterocycles. The fraction of sp³-hybridized carbons (Fsp3) is 0.250. The smallest absolute Gasteiger partial charge is 0.323 e. The van der Waals surface area contributed by atoms with E-state index < -0.39 is 5.41 Å². The molecule has 0 aliphatic carbocycles. The highest BCUT2D eigenvalue weighted by Gasteiger charge is 2.48. The van der Waals surface area contributed by atoms with Gasteiger partial charge in [0.25, 0.3) is 0 Å². The van der Waals surface area contributed by atoms with Crippen LogP contribution >= 0.6 is 27.3 Å². The van der Waals surface area contributed by atoms with Gasteiger partial charge in [0.1, 0.15) is 11.2 Å². The van der Waals surface area contributed by atoms with Gasteiger partial charge in [-0.15, -0.1) is 12.3 Å². The van der Waals surface area contributed by atoms with Crippen molar-refractivity contribution in [1.29, 1.82) is 0 Å². The van der Waals surface area contributed by atoms with Crippen LogP contribution in [0.1, 0.15) is 18.4 Å². The summed E-state index contributed by atoms with van der Waals surface area (Å²) in [4.78, 5) is 13.6. The average Bonchev–Trinajstić information content (AvgIpc) is 2.88. The highest BCUT2D eigenvalue weighted by atomic mass is 79.9. The van der Waals surface area contributed by atoms with Gasteiger partial charge in [0, 0.05) is 17.8 Å². The summed E-state index contributed by atoms with van der Waals surface area (Å²) >= 11 is 4.74. The number of terminal acetylenes is 1. The fourth-order valence-electron chi connectivity index (χ4n) is 1.85. The molecule has 1 aromatic rings. The van der Waals surface area contributed by atoms with Crippen LogP contribution < -0.4 is 0 Å². The van der Waals surface area contributed by atoms with Crippen molar-refractivity contribution in [2.75, 3.05) is 0 Å². The SMILES string of the molecule is C#CC[C@]1(c2ccsc2)C/C(=C\Br)OC1=O. The number of carbonyl (C=O) groups excluding carboxylic acids is 1. The molecule has 2 rings (SSSR count). The van der Waals surface area contributed by atoms with Crippen molar-refractivity contribution in [3.05, 3.63) is 33.1 Å². The number of esters is 1. The van der Waals surface area contributed by atoms with Crippen LogP contribution in [0.2, 0.25) is 0 Å². The van der Waals surface area contributed by atoms with Crippen molar-refractivity contribution < 1.29 is 9.53 Å². The minimum Gasteiger partial charge on any atom is -0.430 e. The topological polar surface area (TPSA) is 26.3 Å². The molecule has 1 atom stereocenters. The van der Waals surface area contributed by atoms with Crippen LogP contribution in [0, 0.1) is 12.3 Å². The van der Waals surface area contributed by atoms with Gasteiger partial charge < -0.3 is 4.74 Å². The second kappa shape index (κ2) is 4.44. The normalized spacial score (nSPS) is 26.8. The van der Waals surface area contributed by atoms with Gasteiger partial charge in [0.2, 0.25) is 0 Å². The summed E-state index contributed by atoms with van der Waals surface area (Å²) in [5.74, 6) is 2.95. The fourth-order valence-corrected chi connectivity index (χ4v) is 2.86. The Labute approximate surface area is 106 Å². The first-order valence-corrected chi connectivity index (χ1v) is 6.56. The Morgan fingerprint density at radius 1 is 1.75 bits per heavy atom. The Morgan fingerprint density at radius 2 is 2.56 bits per heavy atom. The predicted octanol–water partition coefficient (Wildman–Crippen LogP) is 3.19. The minimum absolute atomic E-state index is 0.255. The molecule has 16 heavy (non-hydrogen) atoms. The van der Waals surface area contributed by atoms with Gasteiger partial charge in [-0.1, -0.05) is 15.9 Å². The molecular weight excluding hydrogens is 288 g/mol. The van der Waals surface area contributed by atoms with Crippen molar-refractivity contribution >= 4 is 33.2 Å². The van der Waals surface area contributed by atoms with Gasteiger partial charge >= 0.3 is 5.97 Å². The van der Waals surface area contributed by atoms with E-state index in [4.69, 9.17) is 11.2 Å². The van der Waals surface area contributed by atoms with Crippen LogP contribution in [-0.2, 0) is 14.9 Å². The molecule has 0 radical (unpaired) electrons. The number of allylic oxidation sites excluding steroid dienone is 1. The number of hydrogen-bond donors (Lipinski definition) is 0. The molecular formula is C12H9BrO2S. The second-order valence-electron chi connectivity index (χ2n) is 3.62. The van der Waals surface area contributed by atoms with Gasteiger partial charge in [-0.05, 0) is 22.4 Å². The monoisotopic (exact) mass is 296 g/mol. The molecule has 82 valence electrons. The van der Waals surface area contributed by atoms with Gasteiger partial charge in [0.05, 0.1) is 0 Å². The zero-order valence-electron chi connectivity index (χ0n) is 8.40. The Hall–Kier alpha value is -1.05. The number of carbonyl (C=O) groups is 1. The summed E-state index contributed by atoms with van der Waals surface area (Å²) in [7, 11) is 0. The van der Waals surface area contributed by atoms with Gasteiger partial charge in [-0.25, -0.2) is 0 Å². The lowest BCUT2D eigenvalue weighted by Gasteiger charge is -2.20. The summed E-state index contributed by atoms with van der Waals surface area (Å²) in [6.07, 6.45) is 6.26. The van der Waals surface area contributed by atoms with Crippen molar-refractivity contribution in [3.8, 4) is 12.3 Å². The summed E-state index contributed by atoms with van der Waals surface area (Å²) in [6.45, 7) is 0. The number of thiophene rings is 1. The molecule has 0 aromatic carbocycles. The Balaban J connectivity index is 2.46. The standard InChI is InChI=1S/C12H9BrO2S/c1-2-4-12(9-3-5-16-8-9)6-10(7-13)15-11(12)14/h1,3,5,7-8H,4,6H2/b10-7+/t12-/m1/s1. The molecule has 0 N–H and O–H groups in total. The minimum atomic E-state index is -0.686. The lowest BCUT2D eigenvalue weighted by molar-refractivity contribution is -0.140. The Morgan fingerprint density at radius 3 is 3.06 bits per heavy atom. The zero-order chi connectivity index (χ0) is 11.6. The molecule has 0 saturated carbocycles. The molecule has 0 spiro atoms. The van der Waals surface area contributed by atoms with E-state index in [0.29, 0.717) is 18.6 Å². The Bertz CT molecular complexity index is 470. The molecule has 4 heteroatoms. The van der Waals surface area contributed by atoms with Crippen LogP contribution in [0.5, 0.6) is 0 Å². The highest BCUT2D eigenvalue weighted by Crippen LogP contribution is 2.43. The largest absolute Gasteiger partial charge is 0.430 e. The second-order valence-corrected chi connectivity index (χ2v) is 4.85. The quantitative estimate of drug-likeness (QED) is 0.619. The summed E-state index contributed by atoms with van der Waals surface area (Å²) < 4.78 is 5.19. The third-order valence-electron chi connectivity index (χ3n) is 2.69. The van der Waals surface area contributed by atoms with E-state index in [-0.39, 0.29) is 5.97 Å². The van der Waals surface area contributed by atoms with Crippen molar-refractivity contribution in [3.63, 3.8) is 0 Å². The van der Waals surface area contributed by atoms with E-state index in [1.165, 1.54) is 0 Å². The summed E-state index contributed by atoms with van der Waals surface area (Å²) in [5.41, 5.74) is 0.263. The maximum atomic E-state index is 12.0. The first kappa shape index (κ1) is 11.4. The van der Waals surface area contributed by atoms with Crippen LogP contribution in [0.3, 0.4) is 0 Å². The number of hydrogen-bond acceptors (Lipinski definition) is 3. The third kappa shape index (κ3) is 1.70. The zero-order valence-corrected chi connectivity index (χ0v) is 10.8. The first-order chi connectivity index (χ1) is 7.73. The molecule has 0 unspecified atom stereocenters. The molecule has 1 aromatic heterocycles. The average molecular weight is 297 g/mol. The lowest BCUT2D eigenvalue weighted by Crippen LogP contribution is -2.30. The van der Waals surface area contributed by atoms with Gasteiger partial charge in [0.15, 0.2) is 0 Å².